The lowest BCUT2D eigenvalue weighted by atomic mass is 10.3. The molecule has 0 bridgehead atoms. The summed E-state index contributed by atoms with van der Waals surface area (Å²) in [5, 5.41) is 17.4. The van der Waals surface area contributed by atoms with Gasteiger partial charge in [0, 0.05) is 207 Å². The van der Waals surface area contributed by atoms with Gasteiger partial charge in [0.05, 0.1) is 132 Å². The minimum Gasteiger partial charge on any atom is -0.390 e. The van der Waals surface area contributed by atoms with Gasteiger partial charge in [0.15, 0.2) is 0 Å². The Morgan fingerprint density at radius 3 is 0.845 bits per heavy atom. The zero-order chi connectivity index (χ0) is 96.5. The molecule has 0 unspecified atom stereocenters. The third-order valence-electron chi connectivity index (χ3n) is 16.8. The van der Waals surface area contributed by atoms with Crippen molar-refractivity contribution in [1.29, 1.82) is 0 Å². The predicted molar refractivity (Wildman–Crippen MR) is 453 cm³/mol. The van der Waals surface area contributed by atoms with Crippen molar-refractivity contribution in [3.63, 3.8) is 0 Å². The Bertz CT molecular complexity index is 3420. The summed E-state index contributed by atoms with van der Waals surface area (Å²) in [6, 6.07) is 0.434. The molecule has 52 heteroatoms. The lowest BCUT2D eigenvalue weighted by Gasteiger charge is -2.14. The van der Waals surface area contributed by atoms with Gasteiger partial charge < -0.3 is 131 Å². The average Bonchev–Trinajstić information content (AvgIpc) is 1.72. The minimum absolute atomic E-state index is 0.00694. The van der Waals surface area contributed by atoms with Crippen molar-refractivity contribution in [3.05, 3.63) is 49.1 Å². The van der Waals surface area contributed by atoms with Gasteiger partial charge in [-0.15, -0.1) is 16.7 Å². The number of nitrogens with zero attached hydrogens (tertiary/aromatic N) is 5. The van der Waals surface area contributed by atoms with E-state index in [1.807, 2.05) is 6.92 Å². The zero-order valence-corrected chi connectivity index (χ0v) is 77.3. The third kappa shape index (κ3) is 63.5. The third-order valence-corrected chi connectivity index (χ3v) is 21.8. The smallest absolute Gasteiger partial charge is 0.390 e. The molecule has 2 fully saturated rings. The zero-order valence-electron chi connectivity index (χ0n) is 74.3. The second kappa shape index (κ2) is 74.5. The van der Waals surface area contributed by atoms with Gasteiger partial charge >= 0.3 is 38.4 Å². The Morgan fingerprint density at radius 2 is 0.566 bits per heavy atom. The highest BCUT2D eigenvalue weighted by Crippen LogP contribution is 2.15. The Hall–Kier alpha value is -9.20. The maximum Gasteiger partial charge on any atom is 0.495 e. The molecule has 5 heterocycles. The average molecular weight is 1900 g/mol. The van der Waals surface area contributed by atoms with Crippen LogP contribution in [0.4, 0.5) is 0 Å². The van der Waals surface area contributed by atoms with Gasteiger partial charge in [-0.2, -0.15) is 0 Å². The highest BCUT2D eigenvalue weighted by molar-refractivity contribution is 6.58. The number of carbonyl (C=O) groups is 17. The van der Waals surface area contributed by atoms with Crippen LogP contribution in [-0.4, -0.2) is 400 Å². The molecule has 0 saturated carbocycles. The molecule has 0 aromatic rings. The molecule has 15 amide bonds. The van der Waals surface area contributed by atoms with Gasteiger partial charge in [-0.05, 0) is 39.2 Å². The van der Waals surface area contributed by atoms with E-state index in [0.29, 0.717) is 141 Å². The number of allylic oxidation sites excluding steroid dienone is 1. The number of hydrogen-bond donors (Lipinski definition) is 12. The summed E-state index contributed by atoms with van der Waals surface area (Å²) in [5.41, 5.74) is 0. The van der Waals surface area contributed by atoms with E-state index in [4.69, 9.17) is 47.4 Å². The summed E-state index contributed by atoms with van der Waals surface area (Å²) in [5.74, 6) is -6.72. The van der Waals surface area contributed by atoms with Crippen LogP contribution in [0.3, 0.4) is 0 Å². The summed E-state index contributed by atoms with van der Waals surface area (Å²) in [6.45, 7) is 14.4. The first-order chi connectivity index (χ1) is 61.6. The topological polar surface area (TPSA) is 638 Å². The SMILES string of the molecule is C=CC.COCCOCCC(=O)NCCC[Si](O)(O)OC.COCCOCCC(=O)ON1C(=O)CCC1=O.CO[Si](O)(O)CCCNC(=O)CCOCCOCCNC(=O)CCN1C(=O)C=CC1=O.CO[Si](O)(O)CCCNC(=O)CCOCCOCCNCCCN1C(=O)C=CC1=O.O=C(CCN1C(=O)C=CC1=O)NCCOCCOCCC(=O)ON1C(=O)CCC1=O. The molecule has 0 radical (unpaired) electrons. The summed E-state index contributed by atoms with van der Waals surface area (Å²) in [6.07, 6.45) is 11.8. The number of hydrogen-bond acceptors (Lipinski definition) is 39. The fourth-order valence-electron chi connectivity index (χ4n) is 9.80. The molecule has 0 aliphatic carbocycles. The van der Waals surface area contributed by atoms with Gasteiger partial charge in [0.1, 0.15) is 0 Å². The van der Waals surface area contributed by atoms with Crippen LogP contribution in [0.1, 0.15) is 103 Å². The second-order valence-electron chi connectivity index (χ2n) is 27.1. The number of imide groups is 5. The maximum atomic E-state index is 11.7. The fourth-order valence-corrected chi connectivity index (χ4v) is 12.3. The van der Waals surface area contributed by atoms with Crippen LogP contribution in [0, 0.1) is 0 Å². The monoisotopic (exact) mass is 1900 g/mol. The number of nitrogens with one attached hydrogen (secondary N) is 6. The summed E-state index contributed by atoms with van der Waals surface area (Å²) in [4.78, 5) is 262. The van der Waals surface area contributed by atoms with Gasteiger partial charge in [-0.1, -0.05) is 6.08 Å². The Labute approximate surface area is 751 Å². The molecule has 0 aromatic carbocycles. The van der Waals surface area contributed by atoms with Crippen LogP contribution in [0.25, 0.3) is 0 Å². The number of rotatable bonds is 66. The van der Waals surface area contributed by atoms with Gasteiger partial charge in [-0.25, -0.2) is 9.59 Å². The van der Waals surface area contributed by atoms with Crippen LogP contribution >= 0.6 is 0 Å². The van der Waals surface area contributed by atoms with Gasteiger partial charge in [0.2, 0.25) is 29.5 Å². The highest BCUT2D eigenvalue weighted by Gasteiger charge is 2.36. The number of hydroxylamine groups is 4. The molecular formula is C77H131N11O38Si3. The minimum atomic E-state index is -3.56. The van der Waals surface area contributed by atoms with Gasteiger partial charge in [0.25, 0.3) is 59.1 Å². The molecule has 734 valence electrons. The predicted octanol–water partition coefficient (Wildman–Crippen LogP) is -5.29. The standard InChI is InChI=1S/C18H31N3O9Si.C18H23N3O9.C18H33N3O8Si.C10H23NO6Si.C10H15NO6.C3H6/c1-28-31(26,27)14-2-7-19-16(23)6-10-29-12-13-30-11-8-20-15(22)5-9-21-17(24)3-4-18(21)25;22-13(5-8-20-14(23)1-2-15(20)24)19-7-10-29-12-11-28-9-6-18(27)30-21-16(25)3-4-17(21)26;1-27-30(25,26)15-3-8-20-16(22)6-11-28-13-14-29-12-9-19-7-2-10-21-17(23)4-5-18(21)24;1-15-7-8-17-6-4-10(12)11-5-3-9-18(13,14)16-2;1-15-6-7-16-5-4-10(14)17-11-8(12)2-3-9(11)13;1-3-2/h3-4,26-27H,2,5-14H2,1H3,(H,19,23)(H,20,22);1-2H,3-12H2,(H,19,22);4-5,19,25-26H,2-3,6-15H2,1H3,(H,20,22);13-14H,3-9H2,1-2H3,(H,11,12);2-7H2,1H3;3H,1H2,2H3. The van der Waals surface area contributed by atoms with Crippen LogP contribution in [0.5, 0.6) is 0 Å². The molecule has 0 spiro atoms. The molecule has 0 atom stereocenters. The molecule has 2 saturated heterocycles. The van der Waals surface area contributed by atoms with Crippen LogP contribution in [0.2, 0.25) is 18.1 Å². The lowest BCUT2D eigenvalue weighted by molar-refractivity contribution is -0.198. The molecule has 0 aromatic heterocycles. The number of amides is 15. The molecule has 5 aliphatic rings. The molecule has 12 N–H and O–H groups in total. The van der Waals surface area contributed by atoms with Crippen molar-refractivity contribution < 1.29 is 181 Å². The van der Waals surface area contributed by atoms with Crippen LogP contribution in [0.15, 0.2) is 49.1 Å². The van der Waals surface area contributed by atoms with Gasteiger partial charge in [-0.3, -0.25) is 86.6 Å². The largest absolute Gasteiger partial charge is 0.495 e. The van der Waals surface area contributed by atoms with Crippen molar-refractivity contribution >= 4 is 127 Å². The molecule has 5 rings (SSSR count). The Kier molecular flexibility index (Phi) is 69.1. The normalized spacial score (nSPS) is 14.0. The highest BCUT2D eigenvalue weighted by atomic mass is 28.4. The van der Waals surface area contributed by atoms with Crippen molar-refractivity contribution in [2.75, 3.05) is 220 Å². The van der Waals surface area contributed by atoms with Crippen molar-refractivity contribution in [2.45, 2.75) is 121 Å². The number of carbonyl (C=O) groups excluding carboxylic acids is 17. The number of ether oxygens (including phenoxy) is 10. The van der Waals surface area contributed by atoms with E-state index in [1.165, 1.54) is 50.5 Å². The van der Waals surface area contributed by atoms with E-state index >= 15 is 0 Å². The second-order valence-corrected chi connectivity index (χ2v) is 34.3. The van der Waals surface area contributed by atoms with E-state index < -0.39 is 85.6 Å². The quantitative estimate of drug-likeness (QED) is 0.0117. The maximum absolute atomic E-state index is 11.7. The molecule has 5 aliphatic heterocycles. The van der Waals surface area contributed by atoms with E-state index in [-0.39, 0.29) is 209 Å². The summed E-state index contributed by atoms with van der Waals surface area (Å²) in [7, 11) is -3.69. The first-order valence-corrected chi connectivity index (χ1v) is 47.5. The first-order valence-electron chi connectivity index (χ1n) is 41.5. The Balaban J connectivity index is 0.00000160. The first kappa shape index (κ1) is 120. The summed E-state index contributed by atoms with van der Waals surface area (Å²) >= 11 is 0. The van der Waals surface area contributed by atoms with E-state index in [2.05, 4.69) is 61.4 Å². The van der Waals surface area contributed by atoms with E-state index in [9.17, 15) is 110 Å². The van der Waals surface area contributed by atoms with Crippen LogP contribution in [-0.2, 0) is 152 Å². The van der Waals surface area contributed by atoms with E-state index in [0.717, 1.165) is 22.0 Å². The van der Waals surface area contributed by atoms with Crippen molar-refractivity contribution in [3.8, 4) is 0 Å². The molecular weight excluding hydrogens is 1770 g/mol. The molecule has 129 heavy (non-hydrogen) atoms. The van der Waals surface area contributed by atoms with Crippen molar-refractivity contribution in [2.24, 2.45) is 0 Å². The van der Waals surface area contributed by atoms with Crippen molar-refractivity contribution in [1.82, 2.24) is 56.7 Å². The van der Waals surface area contributed by atoms with Crippen LogP contribution < -0.4 is 31.9 Å². The fraction of sp³-hybridized carbons (Fsp3) is 0.675. The Morgan fingerprint density at radius 1 is 0.326 bits per heavy atom. The van der Waals surface area contributed by atoms with E-state index in [1.54, 1.807) is 20.3 Å². The summed E-state index contributed by atoms with van der Waals surface area (Å²) < 4.78 is 65.2. The lowest BCUT2D eigenvalue weighted by Crippen LogP contribution is -2.38. The number of methoxy groups -OCH3 is 2. The molecule has 49 nitrogen and oxygen atoms in total.